The average molecular weight is 184 g/mol. The Labute approximate surface area is 76.3 Å². The molecule has 13 heavy (non-hydrogen) atoms. The maximum Gasteiger partial charge on any atom is 0.419 e. The lowest BCUT2D eigenvalue weighted by Gasteiger charge is -2.03. The minimum absolute atomic E-state index is 0.269. The van der Waals surface area contributed by atoms with Crippen LogP contribution in [0.3, 0.4) is 0 Å². The van der Waals surface area contributed by atoms with Crippen LogP contribution in [0.5, 0.6) is 0 Å². The fourth-order valence-corrected chi connectivity index (χ4v) is 0.774. The van der Waals surface area contributed by atoms with Crippen LogP contribution < -0.4 is 0 Å². The zero-order chi connectivity index (χ0) is 9.52. The number of hydrogen-bond acceptors (Lipinski definition) is 4. The van der Waals surface area contributed by atoms with Gasteiger partial charge in [0.05, 0.1) is 6.61 Å². The molecule has 1 heterocycles. The second kappa shape index (κ2) is 5.31. The molecule has 1 aromatic rings. The van der Waals surface area contributed by atoms with E-state index in [4.69, 9.17) is 9.47 Å². The van der Waals surface area contributed by atoms with Crippen LogP contribution in [0.2, 0.25) is 0 Å². The van der Waals surface area contributed by atoms with Crippen molar-refractivity contribution in [3.05, 3.63) is 18.7 Å². The Kier molecular flexibility index (Phi) is 3.98. The van der Waals surface area contributed by atoms with Crippen molar-refractivity contribution in [2.45, 2.75) is 6.92 Å². The number of imidazole rings is 1. The Morgan fingerprint density at radius 2 is 2.38 bits per heavy atom. The number of aromatic nitrogens is 2. The zero-order valence-corrected chi connectivity index (χ0v) is 7.47. The highest BCUT2D eigenvalue weighted by Crippen LogP contribution is 1.89. The maximum absolute atomic E-state index is 11.1. The average Bonchev–Trinajstić information content (AvgIpc) is 2.65. The van der Waals surface area contributed by atoms with Crippen molar-refractivity contribution in [1.82, 2.24) is 9.55 Å². The van der Waals surface area contributed by atoms with Crippen molar-refractivity contribution >= 4 is 6.09 Å². The Balaban J connectivity index is 2.19. The summed E-state index contributed by atoms with van der Waals surface area (Å²) >= 11 is 0. The van der Waals surface area contributed by atoms with Crippen molar-refractivity contribution in [3.63, 3.8) is 0 Å². The van der Waals surface area contributed by atoms with E-state index in [2.05, 4.69) is 4.98 Å². The molecule has 0 aromatic carbocycles. The van der Waals surface area contributed by atoms with Crippen LogP contribution in [0.15, 0.2) is 18.7 Å². The molecule has 0 amide bonds. The quantitative estimate of drug-likeness (QED) is 0.652. The Morgan fingerprint density at radius 1 is 1.54 bits per heavy atom. The third-order valence-electron chi connectivity index (χ3n) is 1.37. The number of hydrogen-bond donors (Lipinski definition) is 0. The molecule has 1 aromatic heterocycles. The monoisotopic (exact) mass is 184 g/mol. The van der Waals surface area contributed by atoms with Crippen molar-refractivity contribution in [1.29, 1.82) is 0 Å². The number of ether oxygens (including phenoxy) is 2. The number of nitrogens with zero attached hydrogens (tertiary/aromatic N) is 2. The second-order valence-corrected chi connectivity index (χ2v) is 2.28. The summed E-state index contributed by atoms with van der Waals surface area (Å²) in [5.41, 5.74) is 0. The summed E-state index contributed by atoms with van der Waals surface area (Å²) in [5.74, 6) is 0. The van der Waals surface area contributed by atoms with Gasteiger partial charge in [0.2, 0.25) is 0 Å². The summed E-state index contributed by atoms with van der Waals surface area (Å²) < 4.78 is 11.1. The van der Waals surface area contributed by atoms with Crippen LogP contribution in [0.1, 0.15) is 6.92 Å². The summed E-state index contributed by atoms with van der Waals surface area (Å²) in [6.45, 7) is 3.21. The summed E-state index contributed by atoms with van der Waals surface area (Å²) in [6.07, 6.45) is 4.01. The molecule has 0 aliphatic rings. The van der Waals surface area contributed by atoms with E-state index < -0.39 is 6.09 Å². The molecule has 0 aliphatic heterocycles. The highest BCUT2D eigenvalue weighted by atomic mass is 16.6. The third kappa shape index (κ3) is 3.25. The molecule has 0 saturated carbocycles. The first-order valence-corrected chi connectivity index (χ1v) is 4.07. The second-order valence-electron chi connectivity index (χ2n) is 2.28. The largest absolute Gasteiger partial charge is 0.446 e. The van der Waals surface area contributed by atoms with Gasteiger partial charge in [0.1, 0.15) is 12.9 Å². The van der Waals surface area contributed by atoms with Gasteiger partial charge >= 0.3 is 6.09 Å². The number of carbonyl (C=O) groups excluding carboxylic acids is 1. The predicted molar refractivity (Wildman–Crippen MR) is 45.5 cm³/mol. The van der Waals surface area contributed by atoms with Gasteiger partial charge in [0.25, 0.3) is 0 Å². The van der Waals surface area contributed by atoms with E-state index in [0.717, 1.165) is 0 Å². The summed E-state index contributed by atoms with van der Waals surface area (Å²) in [5, 5.41) is 0. The van der Waals surface area contributed by atoms with Gasteiger partial charge in [-0.1, -0.05) is 0 Å². The molecule has 72 valence electrons. The van der Waals surface area contributed by atoms with Crippen LogP contribution in [0.4, 0.5) is 4.79 Å². The van der Waals surface area contributed by atoms with Crippen molar-refractivity contribution in [2.24, 2.45) is 0 Å². The molecular weight excluding hydrogens is 172 g/mol. The molecule has 0 aliphatic carbocycles. The lowest BCUT2D eigenvalue weighted by molar-refractivity contribution is 0.0794. The molecular formula is C8H12N2O3. The molecule has 1 rings (SSSR count). The third-order valence-corrected chi connectivity index (χ3v) is 1.37. The van der Waals surface area contributed by atoms with E-state index in [1.807, 2.05) is 6.92 Å². The highest BCUT2D eigenvalue weighted by molar-refractivity contribution is 5.69. The van der Waals surface area contributed by atoms with E-state index >= 15 is 0 Å². The first-order chi connectivity index (χ1) is 6.34. The van der Waals surface area contributed by atoms with Crippen LogP contribution in [0, 0.1) is 0 Å². The minimum atomic E-state index is -0.433. The van der Waals surface area contributed by atoms with Gasteiger partial charge in [-0.3, -0.25) is 0 Å². The van der Waals surface area contributed by atoms with E-state index in [-0.39, 0.29) is 6.61 Å². The molecule has 0 radical (unpaired) electrons. The normalized spacial score (nSPS) is 9.92. The van der Waals surface area contributed by atoms with E-state index in [9.17, 15) is 4.79 Å². The Bertz CT molecular complexity index is 246. The molecule has 0 bridgehead atoms. The van der Waals surface area contributed by atoms with Crippen LogP contribution >= 0.6 is 0 Å². The van der Waals surface area contributed by atoms with E-state index in [1.165, 1.54) is 23.3 Å². The minimum Gasteiger partial charge on any atom is -0.446 e. The highest BCUT2D eigenvalue weighted by Gasteiger charge is 2.02. The standard InChI is InChI=1S/C8H12N2O3/c1-2-12-5-6-13-8(11)10-4-3-9-7-10/h3-4,7H,2,5-6H2,1H3. The Hall–Kier alpha value is -1.36. The van der Waals surface area contributed by atoms with Crippen molar-refractivity contribution < 1.29 is 14.3 Å². The van der Waals surface area contributed by atoms with Crippen LogP contribution in [-0.4, -0.2) is 35.5 Å². The maximum atomic E-state index is 11.1. The summed E-state index contributed by atoms with van der Waals surface area (Å²) in [7, 11) is 0. The fraction of sp³-hybridized carbons (Fsp3) is 0.500. The number of carbonyl (C=O) groups is 1. The van der Waals surface area contributed by atoms with E-state index in [0.29, 0.717) is 13.2 Å². The van der Waals surface area contributed by atoms with Crippen LogP contribution in [-0.2, 0) is 9.47 Å². The van der Waals surface area contributed by atoms with E-state index in [1.54, 1.807) is 0 Å². The van der Waals surface area contributed by atoms with Gasteiger partial charge in [-0.25, -0.2) is 14.3 Å². The molecule has 0 fully saturated rings. The predicted octanol–water partition coefficient (Wildman–Crippen LogP) is 0.904. The van der Waals surface area contributed by atoms with Gasteiger partial charge in [0.15, 0.2) is 0 Å². The molecule has 0 N–H and O–H groups in total. The molecule has 0 unspecified atom stereocenters. The first-order valence-electron chi connectivity index (χ1n) is 4.07. The lowest BCUT2D eigenvalue weighted by Crippen LogP contribution is -2.15. The molecule has 5 nitrogen and oxygen atoms in total. The summed E-state index contributed by atoms with van der Waals surface area (Å²) in [6, 6.07) is 0. The van der Waals surface area contributed by atoms with Gasteiger partial charge < -0.3 is 9.47 Å². The first kappa shape index (κ1) is 9.73. The zero-order valence-electron chi connectivity index (χ0n) is 7.47. The SMILES string of the molecule is CCOCCOC(=O)n1ccnc1. The molecule has 0 atom stereocenters. The molecule has 0 saturated heterocycles. The van der Waals surface area contributed by atoms with Crippen LogP contribution in [0.25, 0.3) is 0 Å². The van der Waals surface area contributed by atoms with Gasteiger partial charge in [0, 0.05) is 19.0 Å². The van der Waals surface area contributed by atoms with Gasteiger partial charge in [-0.15, -0.1) is 0 Å². The smallest absolute Gasteiger partial charge is 0.419 e. The topological polar surface area (TPSA) is 53.4 Å². The molecule has 5 heteroatoms. The van der Waals surface area contributed by atoms with Gasteiger partial charge in [-0.05, 0) is 6.92 Å². The van der Waals surface area contributed by atoms with Gasteiger partial charge in [-0.2, -0.15) is 0 Å². The molecule has 0 spiro atoms. The van der Waals surface area contributed by atoms with Crippen molar-refractivity contribution in [3.8, 4) is 0 Å². The van der Waals surface area contributed by atoms with Crippen molar-refractivity contribution in [2.75, 3.05) is 19.8 Å². The summed E-state index contributed by atoms with van der Waals surface area (Å²) in [4.78, 5) is 14.8. The number of rotatable bonds is 4. The Morgan fingerprint density at radius 3 is 3.00 bits per heavy atom. The fourth-order valence-electron chi connectivity index (χ4n) is 0.774. The lowest BCUT2D eigenvalue weighted by atomic mass is 10.7.